The quantitative estimate of drug-likeness (QED) is 0.769. The topological polar surface area (TPSA) is 55.1 Å². The van der Waals surface area contributed by atoms with Crippen molar-refractivity contribution in [3.8, 4) is 0 Å². The van der Waals surface area contributed by atoms with Gasteiger partial charge in [0, 0.05) is 24.2 Å². The standard InChI is InChI=1S/C16H14N2O2/c1-10-3-5-12(6-4-10)16(19)18-13-7-8-14-15(9-13)20-11(2)17-14/h3-9H,1-2H3,(H,18,19). The van der Waals surface area contributed by atoms with Crippen molar-refractivity contribution in [1.29, 1.82) is 0 Å². The van der Waals surface area contributed by atoms with Crippen LogP contribution in [0.2, 0.25) is 0 Å². The molecule has 1 aromatic heterocycles. The molecule has 0 fully saturated rings. The number of aromatic nitrogens is 1. The number of anilines is 1. The molecule has 4 nitrogen and oxygen atoms in total. The number of nitrogens with zero attached hydrogens (tertiary/aromatic N) is 1. The number of nitrogens with one attached hydrogen (secondary N) is 1. The van der Waals surface area contributed by atoms with Crippen molar-refractivity contribution in [2.24, 2.45) is 0 Å². The minimum absolute atomic E-state index is 0.138. The third-order valence-corrected chi connectivity index (χ3v) is 3.07. The summed E-state index contributed by atoms with van der Waals surface area (Å²) in [5, 5.41) is 2.85. The average Bonchev–Trinajstić information content (AvgIpc) is 2.78. The molecule has 0 aliphatic carbocycles. The highest BCUT2D eigenvalue weighted by Gasteiger charge is 2.08. The Labute approximate surface area is 116 Å². The largest absolute Gasteiger partial charge is 0.441 e. The van der Waals surface area contributed by atoms with Crippen LogP contribution >= 0.6 is 0 Å². The number of hydrogen-bond acceptors (Lipinski definition) is 3. The van der Waals surface area contributed by atoms with Gasteiger partial charge in [-0.3, -0.25) is 4.79 Å². The molecular weight excluding hydrogens is 252 g/mol. The molecule has 0 radical (unpaired) electrons. The zero-order valence-electron chi connectivity index (χ0n) is 11.3. The first kappa shape index (κ1) is 12.4. The molecule has 0 bridgehead atoms. The van der Waals surface area contributed by atoms with E-state index in [9.17, 15) is 4.79 Å². The van der Waals surface area contributed by atoms with Crippen LogP contribution in [0.25, 0.3) is 11.1 Å². The highest BCUT2D eigenvalue weighted by molar-refractivity contribution is 6.04. The van der Waals surface area contributed by atoms with Crippen molar-refractivity contribution in [1.82, 2.24) is 4.98 Å². The van der Waals surface area contributed by atoms with Crippen molar-refractivity contribution in [2.45, 2.75) is 13.8 Å². The molecule has 1 N–H and O–H groups in total. The molecule has 100 valence electrons. The number of amides is 1. The van der Waals surface area contributed by atoms with Gasteiger partial charge in [-0.25, -0.2) is 4.98 Å². The molecule has 0 saturated carbocycles. The van der Waals surface area contributed by atoms with E-state index in [0.717, 1.165) is 11.1 Å². The van der Waals surface area contributed by atoms with Crippen molar-refractivity contribution in [2.75, 3.05) is 5.32 Å². The van der Waals surface area contributed by atoms with E-state index in [2.05, 4.69) is 10.3 Å². The minimum Gasteiger partial charge on any atom is -0.441 e. The Kier molecular flexibility index (Phi) is 2.99. The van der Waals surface area contributed by atoms with Gasteiger partial charge in [0.05, 0.1) is 0 Å². The third kappa shape index (κ3) is 2.40. The molecule has 0 saturated heterocycles. The number of hydrogen-bond donors (Lipinski definition) is 1. The fourth-order valence-corrected chi connectivity index (χ4v) is 2.03. The fourth-order valence-electron chi connectivity index (χ4n) is 2.03. The van der Waals surface area contributed by atoms with Gasteiger partial charge in [-0.05, 0) is 31.2 Å². The van der Waals surface area contributed by atoms with Gasteiger partial charge in [-0.15, -0.1) is 0 Å². The number of rotatable bonds is 2. The molecule has 0 aliphatic rings. The Morgan fingerprint density at radius 2 is 1.85 bits per heavy atom. The molecule has 1 amide bonds. The maximum absolute atomic E-state index is 12.1. The zero-order valence-corrected chi connectivity index (χ0v) is 11.3. The van der Waals surface area contributed by atoms with Gasteiger partial charge in [-0.1, -0.05) is 17.7 Å². The van der Waals surface area contributed by atoms with Crippen LogP contribution in [0.15, 0.2) is 46.9 Å². The maximum atomic E-state index is 12.1. The number of fused-ring (bicyclic) bond motifs is 1. The number of benzene rings is 2. The number of carbonyl (C=O) groups excluding carboxylic acids is 1. The number of oxazole rings is 1. The second-order valence-corrected chi connectivity index (χ2v) is 4.74. The number of carbonyl (C=O) groups is 1. The predicted molar refractivity (Wildman–Crippen MR) is 77.9 cm³/mol. The Hall–Kier alpha value is -2.62. The van der Waals surface area contributed by atoms with Crippen LogP contribution in [-0.2, 0) is 0 Å². The van der Waals surface area contributed by atoms with Crippen LogP contribution in [0.3, 0.4) is 0 Å². The zero-order chi connectivity index (χ0) is 14.1. The first-order chi connectivity index (χ1) is 9.61. The van der Waals surface area contributed by atoms with Crippen LogP contribution in [0.5, 0.6) is 0 Å². The first-order valence-electron chi connectivity index (χ1n) is 6.37. The molecule has 0 atom stereocenters. The van der Waals surface area contributed by atoms with E-state index < -0.39 is 0 Å². The lowest BCUT2D eigenvalue weighted by Crippen LogP contribution is -2.11. The molecular formula is C16H14N2O2. The smallest absolute Gasteiger partial charge is 0.255 e. The highest BCUT2D eigenvalue weighted by atomic mass is 16.3. The Bertz CT molecular complexity index is 773. The lowest BCUT2D eigenvalue weighted by atomic mass is 10.1. The molecule has 0 spiro atoms. The summed E-state index contributed by atoms with van der Waals surface area (Å²) in [4.78, 5) is 16.3. The van der Waals surface area contributed by atoms with E-state index in [4.69, 9.17) is 4.42 Å². The van der Waals surface area contributed by atoms with E-state index in [1.807, 2.05) is 43.3 Å². The summed E-state index contributed by atoms with van der Waals surface area (Å²) < 4.78 is 5.45. The first-order valence-corrected chi connectivity index (χ1v) is 6.37. The highest BCUT2D eigenvalue weighted by Crippen LogP contribution is 2.20. The molecule has 3 rings (SSSR count). The lowest BCUT2D eigenvalue weighted by molar-refractivity contribution is 0.102. The molecule has 2 aromatic carbocycles. The summed E-state index contributed by atoms with van der Waals surface area (Å²) in [5.74, 6) is 0.475. The fraction of sp³-hybridized carbons (Fsp3) is 0.125. The van der Waals surface area contributed by atoms with Gasteiger partial charge < -0.3 is 9.73 Å². The van der Waals surface area contributed by atoms with Gasteiger partial charge in [0.15, 0.2) is 11.5 Å². The number of aryl methyl sites for hydroxylation is 2. The normalized spacial score (nSPS) is 10.7. The summed E-state index contributed by atoms with van der Waals surface area (Å²) in [6.07, 6.45) is 0. The summed E-state index contributed by atoms with van der Waals surface area (Å²) in [6, 6.07) is 12.9. The Morgan fingerprint density at radius 1 is 1.10 bits per heavy atom. The van der Waals surface area contributed by atoms with E-state index >= 15 is 0 Å². The SMILES string of the molecule is Cc1ccc(C(=O)Nc2ccc3nc(C)oc3c2)cc1. The summed E-state index contributed by atoms with van der Waals surface area (Å²) in [6.45, 7) is 3.78. The Morgan fingerprint density at radius 3 is 2.60 bits per heavy atom. The Balaban J connectivity index is 1.84. The average molecular weight is 266 g/mol. The lowest BCUT2D eigenvalue weighted by Gasteiger charge is -2.05. The molecule has 20 heavy (non-hydrogen) atoms. The van der Waals surface area contributed by atoms with Gasteiger partial charge in [0.1, 0.15) is 5.52 Å². The van der Waals surface area contributed by atoms with Crippen LogP contribution in [-0.4, -0.2) is 10.9 Å². The third-order valence-electron chi connectivity index (χ3n) is 3.07. The van der Waals surface area contributed by atoms with Gasteiger partial charge in [-0.2, -0.15) is 0 Å². The van der Waals surface area contributed by atoms with Crippen LogP contribution in [0.4, 0.5) is 5.69 Å². The van der Waals surface area contributed by atoms with Gasteiger partial charge in [0.25, 0.3) is 5.91 Å². The van der Waals surface area contributed by atoms with E-state index in [1.54, 1.807) is 13.0 Å². The van der Waals surface area contributed by atoms with Crippen molar-refractivity contribution in [3.05, 3.63) is 59.5 Å². The van der Waals surface area contributed by atoms with Crippen LogP contribution in [0.1, 0.15) is 21.8 Å². The second-order valence-electron chi connectivity index (χ2n) is 4.74. The molecule has 1 heterocycles. The predicted octanol–water partition coefficient (Wildman–Crippen LogP) is 3.70. The van der Waals surface area contributed by atoms with Gasteiger partial charge in [0.2, 0.25) is 0 Å². The second kappa shape index (κ2) is 4.81. The van der Waals surface area contributed by atoms with Crippen LogP contribution < -0.4 is 5.32 Å². The van der Waals surface area contributed by atoms with E-state index in [1.165, 1.54) is 0 Å². The molecule has 0 aliphatic heterocycles. The molecule has 3 aromatic rings. The molecule has 0 unspecified atom stereocenters. The minimum atomic E-state index is -0.138. The summed E-state index contributed by atoms with van der Waals surface area (Å²) in [7, 11) is 0. The summed E-state index contributed by atoms with van der Waals surface area (Å²) >= 11 is 0. The maximum Gasteiger partial charge on any atom is 0.255 e. The van der Waals surface area contributed by atoms with E-state index in [-0.39, 0.29) is 5.91 Å². The van der Waals surface area contributed by atoms with Gasteiger partial charge >= 0.3 is 0 Å². The van der Waals surface area contributed by atoms with Crippen molar-refractivity contribution < 1.29 is 9.21 Å². The van der Waals surface area contributed by atoms with E-state index in [0.29, 0.717) is 22.7 Å². The van der Waals surface area contributed by atoms with Crippen molar-refractivity contribution in [3.63, 3.8) is 0 Å². The monoisotopic (exact) mass is 266 g/mol. The summed E-state index contributed by atoms with van der Waals surface area (Å²) in [5.41, 5.74) is 3.91. The van der Waals surface area contributed by atoms with Crippen molar-refractivity contribution >= 4 is 22.7 Å². The van der Waals surface area contributed by atoms with Crippen LogP contribution in [0, 0.1) is 13.8 Å². The molecule has 4 heteroatoms.